The molecule has 6 heteroatoms. The van der Waals surface area contributed by atoms with Crippen LogP contribution < -0.4 is 20.1 Å². The number of benzene rings is 2. The van der Waals surface area contributed by atoms with Gasteiger partial charge in [-0.15, -0.1) is 24.0 Å². The lowest BCUT2D eigenvalue weighted by Crippen LogP contribution is -2.36. The minimum Gasteiger partial charge on any atom is -0.497 e. The lowest BCUT2D eigenvalue weighted by molar-refractivity contribution is 0.358. The van der Waals surface area contributed by atoms with Crippen molar-refractivity contribution in [1.82, 2.24) is 10.6 Å². The first-order valence-corrected chi connectivity index (χ1v) is 8.73. The zero-order valence-corrected chi connectivity index (χ0v) is 18.2. The third kappa shape index (κ3) is 7.90. The van der Waals surface area contributed by atoms with Gasteiger partial charge in [-0.1, -0.05) is 43.0 Å². The zero-order valence-electron chi connectivity index (χ0n) is 15.9. The van der Waals surface area contributed by atoms with E-state index in [1.807, 2.05) is 55.5 Å². The maximum absolute atomic E-state index is 5.70. The number of halogens is 1. The summed E-state index contributed by atoms with van der Waals surface area (Å²) in [4.78, 5) is 4.64. The van der Waals surface area contributed by atoms with Crippen LogP contribution in [0.1, 0.15) is 18.1 Å². The fourth-order valence-electron chi connectivity index (χ4n) is 2.36. The van der Waals surface area contributed by atoms with Gasteiger partial charge in [0.15, 0.2) is 5.96 Å². The summed E-state index contributed by atoms with van der Waals surface area (Å²) in [5.74, 6) is 2.46. The van der Waals surface area contributed by atoms with Crippen molar-refractivity contribution < 1.29 is 9.47 Å². The predicted octanol–water partition coefficient (Wildman–Crippen LogP) is 4.13. The molecule has 0 aromatic heterocycles. The van der Waals surface area contributed by atoms with Crippen molar-refractivity contribution in [2.45, 2.75) is 20.0 Å². The monoisotopic (exact) mass is 481 g/mol. The van der Waals surface area contributed by atoms with Crippen LogP contribution in [0, 0.1) is 0 Å². The van der Waals surface area contributed by atoms with E-state index in [4.69, 9.17) is 9.47 Å². The van der Waals surface area contributed by atoms with Gasteiger partial charge in [-0.3, -0.25) is 0 Å². The van der Waals surface area contributed by atoms with Gasteiger partial charge in [0.1, 0.15) is 18.1 Å². The van der Waals surface area contributed by atoms with E-state index in [2.05, 4.69) is 22.2 Å². The minimum absolute atomic E-state index is 0. The molecule has 0 saturated heterocycles. The summed E-state index contributed by atoms with van der Waals surface area (Å²) in [6.07, 6.45) is 1.74. The lowest BCUT2D eigenvalue weighted by atomic mass is 10.2. The first kappa shape index (κ1) is 22.8. The number of methoxy groups -OCH3 is 1. The molecule has 27 heavy (non-hydrogen) atoms. The Hall–Kier alpha value is -2.22. The highest BCUT2D eigenvalue weighted by molar-refractivity contribution is 14.0. The molecular formula is C21H28IN3O2. The number of nitrogens with zero attached hydrogens (tertiary/aromatic N) is 1. The Balaban J connectivity index is 0.00000364. The molecule has 0 heterocycles. The van der Waals surface area contributed by atoms with E-state index >= 15 is 0 Å². The largest absolute Gasteiger partial charge is 0.497 e. The SMILES string of the molecule is C=CCOc1ccccc1CNC(=NCc1ccc(OC)cc1)NCC.I. The molecule has 5 nitrogen and oxygen atoms in total. The highest BCUT2D eigenvalue weighted by atomic mass is 127. The number of hydrogen-bond donors (Lipinski definition) is 2. The summed E-state index contributed by atoms with van der Waals surface area (Å²) in [5, 5.41) is 6.62. The standard InChI is InChI=1S/C21H27N3O2.HI/c1-4-14-26-20-9-7-6-8-18(20)16-24-21(22-5-2)23-15-17-10-12-19(25-3)13-11-17;/h4,6-13H,1,5,14-16H2,2-3H3,(H2,22,23,24);1H. The van der Waals surface area contributed by atoms with E-state index in [0.29, 0.717) is 19.7 Å². The van der Waals surface area contributed by atoms with Crippen LogP contribution in [0.2, 0.25) is 0 Å². The molecule has 0 aliphatic carbocycles. The number of para-hydroxylation sites is 1. The maximum Gasteiger partial charge on any atom is 0.191 e. The first-order chi connectivity index (χ1) is 12.8. The minimum atomic E-state index is 0. The zero-order chi connectivity index (χ0) is 18.6. The molecule has 2 N–H and O–H groups in total. The van der Waals surface area contributed by atoms with Crippen LogP contribution in [-0.2, 0) is 13.1 Å². The van der Waals surface area contributed by atoms with E-state index in [1.54, 1.807) is 13.2 Å². The highest BCUT2D eigenvalue weighted by Crippen LogP contribution is 2.17. The van der Waals surface area contributed by atoms with Gasteiger partial charge in [0, 0.05) is 18.7 Å². The highest BCUT2D eigenvalue weighted by Gasteiger charge is 2.04. The second kappa shape index (κ2) is 13.0. The Morgan fingerprint density at radius 3 is 2.52 bits per heavy atom. The van der Waals surface area contributed by atoms with Gasteiger partial charge in [0.05, 0.1) is 13.7 Å². The van der Waals surface area contributed by atoms with E-state index in [9.17, 15) is 0 Å². The number of ether oxygens (including phenoxy) is 2. The quantitative estimate of drug-likeness (QED) is 0.245. The third-order valence-electron chi connectivity index (χ3n) is 3.70. The smallest absolute Gasteiger partial charge is 0.191 e. The molecule has 2 aromatic carbocycles. The molecule has 2 rings (SSSR count). The summed E-state index contributed by atoms with van der Waals surface area (Å²) in [7, 11) is 1.66. The van der Waals surface area contributed by atoms with E-state index in [1.165, 1.54) is 0 Å². The summed E-state index contributed by atoms with van der Waals surface area (Å²) < 4.78 is 10.9. The van der Waals surface area contributed by atoms with Crippen molar-refractivity contribution in [2.24, 2.45) is 4.99 Å². The van der Waals surface area contributed by atoms with Gasteiger partial charge < -0.3 is 20.1 Å². The van der Waals surface area contributed by atoms with Crippen LogP contribution in [0.15, 0.2) is 66.2 Å². The normalized spacial score (nSPS) is 10.5. The van der Waals surface area contributed by atoms with Gasteiger partial charge in [-0.05, 0) is 30.7 Å². The molecule has 0 aliphatic heterocycles. The molecule has 0 radical (unpaired) electrons. The number of aliphatic imine (C=N–C) groups is 1. The summed E-state index contributed by atoms with van der Waals surface area (Å²) in [6.45, 7) is 8.24. The van der Waals surface area contributed by atoms with Gasteiger partial charge in [0.25, 0.3) is 0 Å². The molecule has 0 aliphatic rings. The molecule has 0 saturated carbocycles. The molecule has 146 valence electrons. The molecule has 0 spiro atoms. The van der Waals surface area contributed by atoms with Crippen LogP contribution in [0.3, 0.4) is 0 Å². The maximum atomic E-state index is 5.70. The topological polar surface area (TPSA) is 54.9 Å². The molecule has 0 unspecified atom stereocenters. The van der Waals surface area contributed by atoms with Crippen molar-refractivity contribution >= 4 is 29.9 Å². The Kier molecular flexibility index (Phi) is 11.0. The van der Waals surface area contributed by atoms with Crippen LogP contribution in [-0.4, -0.2) is 26.2 Å². The Labute approximate surface area is 178 Å². The average Bonchev–Trinajstić information content (AvgIpc) is 2.69. The van der Waals surface area contributed by atoms with E-state index < -0.39 is 0 Å². The average molecular weight is 481 g/mol. The number of rotatable bonds is 9. The fraction of sp³-hybridized carbons (Fsp3) is 0.286. The Morgan fingerprint density at radius 2 is 1.85 bits per heavy atom. The Morgan fingerprint density at radius 1 is 1.11 bits per heavy atom. The van der Waals surface area contributed by atoms with Gasteiger partial charge in [0.2, 0.25) is 0 Å². The van der Waals surface area contributed by atoms with Crippen LogP contribution in [0.25, 0.3) is 0 Å². The molecule has 0 amide bonds. The van der Waals surface area contributed by atoms with Crippen LogP contribution in [0.5, 0.6) is 11.5 Å². The Bertz CT molecular complexity index is 718. The lowest BCUT2D eigenvalue weighted by Gasteiger charge is -2.14. The molecule has 0 atom stereocenters. The van der Waals surface area contributed by atoms with Crippen molar-refractivity contribution in [3.05, 3.63) is 72.3 Å². The molecule has 0 fully saturated rings. The van der Waals surface area contributed by atoms with Crippen molar-refractivity contribution in [1.29, 1.82) is 0 Å². The first-order valence-electron chi connectivity index (χ1n) is 8.73. The molecule has 0 bridgehead atoms. The van der Waals surface area contributed by atoms with Gasteiger partial charge in [-0.25, -0.2) is 4.99 Å². The van der Waals surface area contributed by atoms with Gasteiger partial charge in [-0.2, -0.15) is 0 Å². The second-order valence-corrected chi connectivity index (χ2v) is 5.60. The van der Waals surface area contributed by atoms with Crippen LogP contribution in [0.4, 0.5) is 0 Å². The number of nitrogens with one attached hydrogen (secondary N) is 2. The third-order valence-corrected chi connectivity index (χ3v) is 3.70. The predicted molar refractivity (Wildman–Crippen MR) is 122 cm³/mol. The number of guanidine groups is 1. The summed E-state index contributed by atoms with van der Waals surface area (Å²) >= 11 is 0. The second-order valence-electron chi connectivity index (χ2n) is 5.60. The van der Waals surface area contributed by atoms with Crippen LogP contribution >= 0.6 is 24.0 Å². The van der Waals surface area contributed by atoms with E-state index in [0.717, 1.165) is 35.1 Å². The molecular weight excluding hydrogens is 453 g/mol. The van der Waals surface area contributed by atoms with Crippen molar-refractivity contribution in [3.63, 3.8) is 0 Å². The fourth-order valence-corrected chi connectivity index (χ4v) is 2.36. The summed E-state index contributed by atoms with van der Waals surface area (Å²) in [6, 6.07) is 15.9. The van der Waals surface area contributed by atoms with Gasteiger partial charge >= 0.3 is 0 Å². The van der Waals surface area contributed by atoms with E-state index in [-0.39, 0.29) is 24.0 Å². The summed E-state index contributed by atoms with van der Waals surface area (Å²) in [5.41, 5.74) is 2.20. The van der Waals surface area contributed by atoms with Crippen molar-refractivity contribution in [3.8, 4) is 11.5 Å². The van der Waals surface area contributed by atoms with Crippen molar-refractivity contribution in [2.75, 3.05) is 20.3 Å². The molecule has 2 aromatic rings. The number of hydrogen-bond acceptors (Lipinski definition) is 3.